The molecule has 2 aromatic carbocycles. The molecule has 0 aliphatic carbocycles. The van der Waals surface area contributed by atoms with Crippen LogP contribution in [0.25, 0.3) is 0 Å². The van der Waals surface area contributed by atoms with Crippen LogP contribution in [-0.4, -0.2) is 13.4 Å². The van der Waals surface area contributed by atoms with E-state index in [1.165, 1.54) is 0 Å². The van der Waals surface area contributed by atoms with E-state index in [4.69, 9.17) is 16.3 Å². The van der Waals surface area contributed by atoms with Crippen LogP contribution in [0.2, 0.25) is 5.02 Å². The van der Waals surface area contributed by atoms with Gasteiger partial charge in [-0.05, 0) is 48.7 Å². The number of hydrogen-bond donors (Lipinski definition) is 0. The lowest BCUT2D eigenvalue weighted by atomic mass is 9.78. The predicted molar refractivity (Wildman–Crippen MR) is 81.6 cm³/mol. The van der Waals surface area contributed by atoms with Crippen LogP contribution in [0, 0.1) is 0 Å². The summed E-state index contributed by atoms with van der Waals surface area (Å²) in [6.45, 7) is 1.93. The molecule has 1 atom stereocenters. The van der Waals surface area contributed by atoms with Gasteiger partial charge in [0.25, 0.3) is 0 Å². The van der Waals surface area contributed by atoms with Crippen molar-refractivity contribution in [1.29, 1.82) is 0 Å². The molecule has 0 N–H and O–H groups in total. The molecular formula is C17H17ClO2. The summed E-state index contributed by atoms with van der Waals surface area (Å²) in [5.74, 6) is 0.810. The molecule has 0 aliphatic heterocycles. The van der Waals surface area contributed by atoms with Crippen LogP contribution in [0.15, 0.2) is 48.5 Å². The van der Waals surface area contributed by atoms with Gasteiger partial charge in [0.1, 0.15) is 12.0 Å². The van der Waals surface area contributed by atoms with Crippen LogP contribution >= 0.6 is 11.6 Å². The molecule has 20 heavy (non-hydrogen) atoms. The van der Waals surface area contributed by atoms with Crippen molar-refractivity contribution in [3.63, 3.8) is 0 Å². The number of rotatable bonds is 5. The zero-order valence-electron chi connectivity index (χ0n) is 11.6. The number of hydrogen-bond acceptors (Lipinski definition) is 2. The van der Waals surface area contributed by atoms with Gasteiger partial charge in [0.15, 0.2) is 0 Å². The second kappa shape index (κ2) is 6.10. The number of carbonyl (C=O) groups excluding carboxylic acids is 1. The Hall–Kier alpha value is -1.80. The highest BCUT2D eigenvalue weighted by Gasteiger charge is 2.26. The third kappa shape index (κ3) is 3.20. The topological polar surface area (TPSA) is 26.3 Å². The van der Waals surface area contributed by atoms with E-state index in [1.807, 2.05) is 55.5 Å². The predicted octanol–water partition coefficient (Wildman–Crippen LogP) is 4.05. The molecule has 0 saturated carbocycles. The van der Waals surface area contributed by atoms with Crippen molar-refractivity contribution in [3.8, 4) is 5.75 Å². The summed E-state index contributed by atoms with van der Waals surface area (Å²) in [6.07, 6.45) is 1.61. The smallest absolute Gasteiger partial charge is 0.130 e. The first-order valence-electron chi connectivity index (χ1n) is 6.43. The lowest BCUT2D eigenvalue weighted by Gasteiger charge is -2.24. The third-order valence-corrected chi connectivity index (χ3v) is 3.71. The average Bonchev–Trinajstić information content (AvgIpc) is 2.48. The lowest BCUT2D eigenvalue weighted by molar-refractivity contribution is -0.112. The van der Waals surface area contributed by atoms with Gasteiger partial charge in [0, 0.05) is 5.02 Å². The van der Waals surface area contributed by atoms with Gasteiger partial charge in [-0.3, -0.25) is 0 Å². The maximum Gasteiger partial charge on any atom is 0.130 e. The normalized spacial score (nSPS) is 13.6. The summed E-state index contributed by atoms with van der Waals surface area (Å²) in [5, 5.41) is 0.644. The second-order valence-corrected chi connectivity index (χ2v) is 5.51. The van der Waals surface area contributed by atoms with Gasteiger partial charge in [-0.2, -0.15) is 0 Å². The molecule has 0 aliphatic rings. The minimum Gasteiger partial charge on any atom is -0.497 e. The van der Waals surface area contributed by atoms with Gasteiger partial charge in [0.05, 0.1) is 12.5 Å². The number of aldehydes is 1. The van der Waals surface area contributed by atoms with E-state index >= 15 is 0 Å². The molecule has 0 spiro atoms. The highest BCUT2D eigenvalue weighted by atomic mass is 35.5. The fraction of sp³-hybridized carbons (Fsp3) is 0.235. The van der Waals surface area contributed by atoms with Crippen LogP contribution in [0.4, 0.5) is 0 Å². The Morgan fingerprint density at radius 1 is 1.20 bits per heavy atom. The molecular weight excluding hydrogens is 272 g/mol. The van der Waals surface area contributed by atoms with Crippen LogP contribution < -0.4 is 4.74 Å². The minimum absolute atomic E-state index is 0.584. The average molecular weight is 289 g/mol. The molecule has 3 heteroatoms. The molecule has 1 unspecified atom stereocenters. The second-order valence-electron chi connectivity index (χ2n) is 5.07. The van der Waals surface area contributed by atoms with Gasteiger partial charge >= 0.3 is 0 Å². The van der Waals surface area contributed by atoms with Crippen molar-refractivity contribution >= 4 is 17.9 Å². The largest absolute Gasteiger partial charge is 0.497 e. The quantitative estimate of drug-likeness (QED) is 0.776. The van der Waals surface area contributed by atoms with Gasteiger partial charge in [-0.25, -0.2) is 0 Å². The molecule has 104 valence electrons. The summed E-state index contributed by atoms with van der Waals surface area (Å²) in [5.41, 5.74) is 1.43. The summed E-state index contributed by atoms with van der Waals surface area (Å²) >= 11 is 6.02. The van der Waals surface area contributed by atoms with Crippen LogP contribution in [0.1, 0.15) is 18.1 Å². The van der Waals surface area contributed by atoms with Crippen LogP contribution in [0.5, 0.6) is 5.75 Å². The third-order valence-electron chi connectivity index (χ3n) is 3.47. The number of benzene rings is 2. The molecule has 0 heterocycles. The Kier molecular flexibility index (Phi) is 4.46. The maximum atomic E-state index is 11.6. The summed E-state index contributed by atoms with van der Waals surface area (Å²) < 4.78 is 5.14. The van der Waals surface area contributed by atoms with Gasteiger partial charge in [-0.1, -0.05) is 35.9 Å². The highest BCUT2D eigenvalue weighted by molar-refractivity contribution is 6.30. The van der Waals surface area contributed by atoms with Crippen molar-refractivity contribution in [2.45, 2.75) is 18.8 Å². The molecule has 0 saturated heterocycles. The Bertz CT molecular complexity index is 592. The molecule has 0 amide bonds. The zero-order chi connectivity index (χ0) is 14.6. The lowest BCUT2D eigenvalue weighted by Crippen LogP contribution is -2.26. The van der Waals surface area contributed by atoms with Crippen LogP contribution in [0.3, 0.4) is 0 Å². The van der Waals surface area contributed by atoms with Crippen molar-refractivity contribution < 1.29 is 9.53 Å². The molecule has 2 rings (SSSR count). The standard InChI is InChI=1S/C17H17ClO2/c1-17(12-19,14-4-3-5-15(18)10-14)11-13-6-8-16(20-2)9-7-13/h3-10,12H,11H2,1-2H3. The Morgan fingerprint density at radius 2 is 1.90 bits per heavy atom. The summed E-state index contributed by atoms with van der Waals surface area (Å²) in [4.78, 5) is 11.6. The fourth-order valence-electron chi connectivity index (χ4n) is 2.22. The van der Waals surface area contributed by atoms with Gasteiger partial charge < -0.3 is 9.53 Å². The SMILES string of the molecule is COc1ccc(CC(C)(C=O)c2cccc(Cl)c2)cc1. The van der Waals surface area contributed by atoms with E-state index in [-0.39, 0.29) is 0 Å². The summed E-state index contributed by atoms with van der Waals surface area (Å²) in [7, 11) is 1.64. The van der Waals surface area contributed by atoms with Crippen molar-refractivity contribution in [3.05, 3.63) is 64.7 Å². The number of halogens is 1. The molecule has 0 aromatic heterocycles. The minimum atomic E-state index is -0.584. The van der Waals surface area contributed by atoms with Crippen molar-refractivity contribution in [2.24, 2.45) is 0 Å². The first kappa shape index (κ1) is 14.6. The van der Waals surface area contributed by atoms with E-state index in [9.17, 15) is 4.79 Å². The molecule has 2 aromatic rings. The molecule has 0 fully saturated rings. The monoisotopic (exact) mass is 288 g/mol. The van der Waals surface area contributed by atoms with Gasteiger partial charge in [-0.15, -0.1) is 0 Å². The molecule has 2 nitrogen and oxygen atoms in total. The van der Waals surface area contributed by atoms with Crippen LogP contribution in [-0.2, 0) is 16.6 Å². The Labute approximate surface area is 124 Å². The van der Waals surface area contributed by atoms with E-state index in [1.54, 1.807) is 7.11 Å². The zero-order valence-corrected chi connectivity index (χ0v) is 12.4. The van der Waals surface area contributed by atoms with Crippen molar-refractivity contribution in [2.75, 3.05) is 7.11 Å². The molecule has 0 bridgehead atoms. The maximum absolute atomic E-state index is 11.6. The van der Waals surface area contributed by atoms with E-state index < -0.39 is 5.41 Å². The number of ether oxygens (including phenoxy) is 1. The first-order chi connectivity index (χ1) is 9.57. The van der Waals surface area contributed by atoms with E-state index in [2.05, 4.69) is 0 Å². The first-order valence-corrected chi connectivity index (χ1v) is 6.80. The van der Waals surface area contributed by atoms with Gasteiger partial charge in [0.2, 0.25) is 0 Å². The Balaban J connectivity index is 2.28. The number of carbonyl (C=O) groups is 1. The van der Waals surface area contributed by atoms with Crippen molar-refractivity contribution in [1.82, 2.24) is 0 Å². The van der Waals surface area contributed by atoms with E-state index in [0.717, 1.165) is 23.2 Å². The Morgan fingerprint density at radius 3 is 2.45 bits per heavy atom. The number of methoxy groups -OCH3 is 1. The van der Waals surface area contributed by atoms with E-state index in [0.29, 0.717) is 11.4 Å². The highest BCUT2D eigenvalue weighted by Crippen LogP contribution is 2.28. The summed E-state index contributed by atoms with van der Waals surface area (Å²) in [6, 6.07) is 15.2. The molecule has 0 radical (unpaired) electrons. The fourth-order valence-corrected chi connectivity index (χ4v) is 2.41.